The second kappa shape index (κ2) is 15.3. The number of nitrogens with zero attached hydrogens (tertiary/aromatic N) is 1. The van der Waals surface area contributed by atoms with Crippen molar-refractivity contribution in [1.29, 1.82) is 0 Å². The lowest BCUT2D eigenvalue weighted by Gasteiger charge is -2.72. The van der Waals surface area contributed by atoms with Crippen LogP contribution in [0, 0.1) is 62.6 Å². The SMILES string of the molecule is CC(C)C1=C2[C@H]3CC[C@@H]4[C@@]5(C)CC[C@H](OC(=O)[C@H]6C[C@@H](C(=O)O)C6(C)C)C(C)(C)[C@@H]5CC[C@@]4(C)[C@]3(C)CC[C@@]2(NC(=O)C(C)(C)NC(=O)C2CCCN2C(=O)OC(C)(C)C)CC1=O. The maximum atomic E-state index is 14.6. The number of carboxylic acid groups (broad SMARTS) is 1. The quantitative estimate of drug-likeness (QED) is 0.202. The molecular weight excluding hydrogens is 799 g/mol. The summed E-state index contributed by atoms with van der Waals surface area (Å²) in [4.78, 5) is 82.7. The minimum absolute atomic E-state index is 0.00163. The molecule has 6 fully saturated rings. The van der Waals surface area contributed by atoms with E-state index in [9.17, 15) is 33.9 Å². The van der Waals surface area contributed by atoms with E-state index >= 15 is 0 Å². The summed E-state index contributed by atoms with van der Waals surface area (Å²) in [7, 11) is 0. The third-order valence-corrected chi connectivity index (χ3v) is 19.0. The Balaban J connectivity index is 1.11. The number of nitrogens with one attached hydrogen (secondary N) is 2. The van der Waals surface area contributed by atoms with Crippen molar-refractivity contribution >= 4 is 35.6 Å². The van der Waals surface area contributed by atoms with Crippen LogP contribution in [0.5, 0.6) is 0 Å². The van der Waals surface area contributed by atoms with Crippen LogP contribution in [-0.4, -0.2) is 81.0 Å². The number of ketones is 1. The number of esters is 1. The van der Waals surface area contributed by atoms with E-state index in [2.05, 4.69) is 59.1 Å². The second-order valence-electron chi connectivity index (χ2n) is 25.0. The highest BCUT2D eigenvalue weighted by molar-refractivity contribution is 6.03. The molecule has 6 aliphatic carbocycles. The standard InChI is InChI=1S/C51H79N3O9/c1-28(2)37-33(55)27-51(53-42(60)47(10,11)52-39(56)32-16-15-25-54(32)43(61)63-44(3,4)5)24-23-49(13)29(38(37)51)17-18-35-48(12)21-20-36(46(8,9)34(48)19-22-50(35,49)14)62-41(59)31-26-30(40(57)58)45(31,6)7/h28-32,34-36H,15-27H2,1-14H3,(H,52,56)(H,53,60)(H,57,58)/t29-,30+,31-,32?,34+,35-,36+,48+,49-,50-,51-/m1/s1. The Hall–Kier alpha value is -3.44. The molecule has 352 valence electrons. The summed E-state index contributed by atoms with van der Waals surface area (Å²) in [5.41, 5.74) is -1.99. The summed E-state index contributed by atoms with van der Waals surface area (Å²) in [5.74, 6) is -1.87. The Morgan fingerprint density at radius 3 is 2.06 bits per heavy atom. The highest BCUT2D eigenvalue weighted by atomic mass is 16.6. The zero-order valence-corrected chi connectivity index (χ0v) is 41.0. The minimum atomic E-state index is -1.32. The lowest BCUT2D eigenvalue weighted by atomic mass is 9.33. The van der Waals surface area contributed by atoms with Gasteiger partial charge in [0.1, 0.15) is 23.3 Å². The Bertz CT molecular complexity index is 1980. The van der Waals surface area contributed by atoms with Crippen LogP contribution in [0.25, 0.3) is 0 Å². The Labute approximate surface area is 376 Å². The fourth-order valence-corrected chi connectivity index (χ4v) is 15.3. The van der Waals surface area contributed by atoms with Crippen LogP contribution in [0.15, 0.2) is 11.1 Å². The summed E-state index contributed by atoms with van der Waals surface area (Å²) in [6, 6.07) is -0.742. The molecule has 5 saturated carbocycles. The number of ether oxygens (including phenoxy) is 2. The molecule has 7 rings (SSSR count). The Morgan fingerprint density at radius 1 is 0.794 bits per heavy atom. The fourth-order valence-electron chi connectivity index (χ4n) is 15.3. The first kappa shape index (κ1) is 47.5. The summed E-state index contributed by atoms with van der Waals surface area (Å²) in [6.07, 6.45) is 8.04. The van der Waals surface area contributed by atoms with Crippen LogP contribution in [0.4, 0.5) is 4.79 Å². The van der Waals surface area contributed by atoms with Gasteiger partial charge in [0, 0.05) is 18.4 Å². The van der Waals surface area contributed by atoms with Crippen LogP contribution in [0.2, 0.25) is 0 Å². The van der Waals surface area contributed by atoms with Crippen molar-refractivity contribution in [3.05, 3.63) is 11.1 Å². The molecule has 0 aromatic carbocycles. The molecule has 1 saturated heterocycles. The van der Waals surface area contributed by atoms with Gasteiger partial charge >= 0.3 is 18.0 Å². The van der Waals surface area contributed by atoms with Crippen LogP contribution < -0.4 is 10.6 Å². The molecule has 11 atom stereocenters. The average molecular weight is 878 g/mol. The number of carbonyl (C=O) groups excluding carboxylic acids is 5. The predicted molar refractivity (Wildman–Crippen MR) is 239 cm³/mol. The Kier molecular flexibility index (Phi) is 11.6. The predicted octanol–water partition coefficient (Wildman–Crippen LogP) is 8.79. The molecule has 0 bridgehead atoms. The van der Waals surface area contributed by atoms with Crippen LogP contribution in [0.1, 0.15) is 174 Å². The number of carbonyl (C=O) groups is 6. The van der Waals surface area contributed by atoms with E-state index in [1.807, 2.05) is 13.8 Å². The van der Waals surface area contributed by atoms with Crippen molar-refractivity contribution in [3.63, 3.8) is 0 Å². The van der Waals surface area contributed by atoms with E-state index in [0.717, 1.165) is 56.1 Å². The van der Waals surface area contributed by atoms with E-state index in [4.69, 9.17) is 9.47 Å². The molecule has 0 radical (unpaired) electrons. The number of amides is 3. The molecule has 12 nitrogen and oxygen atoms in total. The summed E-state index contributed by atoms with van der Waals surface area (Å²) >= 11 is 0. The number of hydrogen-bond acceptors (Lipinski definition) is 8. The summed E-state index contributed by atoms with van der Waals surface area (Å²) in [5, 5.41) is 16.1. The molecule has 0 aromatic heterocycles. The molecule has 1 aliphatic heterocycles. The summed E-state index contributed by atoms with van der Waals surface area (Å²) in [6.45, 7) is 29.2. The van der Waals surface area contributed by atoms with Gasteiger partial charge < -0.3 is 25.2 Å². The minimum Gasteiger partial charge on any atom is -0.481 e. The number of Topliss-reactive ketones (excluding diaryl/α,β-unsaturated/α-hetero) is 1. The molecule has 12 heteroatoms. The van der Waals surface area contributed by atoms with Crippen molar-refractivity contribution in [2.24, 2.45) is 62.6 Å². The largest absolute Gasteiger partial charge is 0.481 e. The van der Waals surface area contributed by atoms with E-state index in [-0.39, 0.29) is 63.7 Å². The summed E-state index contributed by atoms with van der Waals surface area (Å²) < 4.78 is 12.0. The topological polar surface area (TPSA) is 168 Å². The molecular formula is C51H79N3O9. The van der Waals surface area contributed by atoms with E-state index in [1.54, 1.807) is 34.6 Å². The molecule has 0 spiro atoms. The van der Waals surface area contributed by atoms with Crippen LogP contribution in [-0.2, 0) is 33.4 Å². The third-order valence-electron chi connectivity index (χ3n) is 19.0. The molecule has 7 aliphatic rings. The molecule has 1 unspecified atom stereocenters. The van der Waals surface area contributed by atoms with Gasteiger partial charge in [-0.15, -0.1) is 0 Å². The first-order valence-corrected chi connectivity index (χ1v) is 24.2. The van der Waals surface area contributed by atoms with Gasteiger partial charge in [-0.1, -0.05) is 62.3 Å². The van der Waals surface area contributed by atoms with E-state index in [0.29, 0.717) is 44.1 Å². The molecule has 0 aromatic rings. The van der Waals surface area contributed by atoms with Gasteiger partial charge in [-0.3, -0.25) is 28.9 Å². The lowest BCUT2D eigenvalue weighted by molar-refractivity contribution is -0.235. The van der Waals surface area contributed by atoms with Crippen molar-refractivity contribution in [3.8, 4) is 0 Å². The van der Waals surface area contributed by atoms with Gasteiger partial charge in [0.25, 0.3) is 0 Å². The van der Waals surface area contributed by atoms with Crippen molar-refractivity contribution < 1.29 is 43.3 Å². The Morgan fingerprint density at radius 2 is 1.46 bits per heavy atom. The average Bonchev–Trinajstić information content (AvgIpc) is 3.75. The van der Waals surface area contributed by atoms with Gasteiger partial charge in [0.15, 0.2) is 5.78 Å². The first-order chi connectivity index (χ1) is 28.9. The molecule has 63 heavy (non-hydrogen) atoms. The van der Waals surface area contributed by atoms with Gasteiger partial charge in [0.2, 0.25) is 11.8 Å². The second-order valence-corrected chi connectivity index (χ2v) is 25.0. The molecule has 3 N–H and O–H groups in total. The lowest BCUT2D eigenvalue weighted by Crippen LogP contribution is -2.68. The monoisotopic (exact) mass is 878 g/mol. The number of fused-ring (bicyclic) bond motifs is 7. The van der Waals surface area contributed by atoms with Crippen molar-refractivity contribution in [2.45, 2.75) is 203 Å². The van der Waals surface area contributed by atoms with Gasteiger partial charge in [-0.25, -0.2) is 4.79 Å². The van der Waals surface area contributed by atoms with Crippen LogP contribution >= 0.6 is 0 Å². The number of aliphatic carboxylic acids is 1. The number of rotatable bonds is 8. The van der Waals surface area contributed by atoms with Crippen molar-refractivity contribution in [2.75, 3.05) is 6.54 Å². The number of likely N-dealkylation sites (tertiary alicyclic amines) is 1. The maximum Gasteiger partial charge on any atom is 0.410 e. The maximum absolute atomic E-state index is 14.6. The fraction of sp³-hybridized carbons (Fsp3) is 0.843. The highest BCUT2D eigenvalue weighted by Crippen LogP contribution is 2.76. The van der Waals surface area contributed by atoms with E-state index in [1.165, 1.54) is 4.90 Å². The number of carboxylic acids is 1. The smallest absolute Gasteiger partial charge is 0.410 e. The number of hydrogen-bond donors (Lipinski definition) is 3. The molecule has 3 amide bonds. The zero-order chi connectivity index (χ0) is 46.8. The van der Waals surface area contributed by atoms with Gasteiger partial charge in [-0.2, -0.15) is 0 Å². The number of allylic oxidation sites excluding steroid dienone is 1. The van der Waals surface area contributed by atoms with Gasteiger partial charge in [-0.05, 0) is 162 Å². The van der Waals surface area contributed by atoms with Crippen molar-refractivity contribution in [1.82, 2.24) is 15.5 Å². The molecule has 1 heterocycles. The van der Waals surface area contributed by atoms with Crippen LogP contribution in [0.3, 0.4) is 0 Å². The highest BCUT2D eigenvalue weighted by Gasteiger charge is 2.71. The van der Waals surface area contributed by atoms with E-state index < -0.39 is 57.9 Å². The first-order valence-electron chi connectivity index (χ1n) is 24.2. The normalized spacial score (nSPS) is 39.3. The van der Waals surface area contributed by atoms with Gasteiger partial charge in [0.05, 0.1) is 17.4 Å². The third kappa shape index (κ3) is 7.36. The zero-order valence-electron chi connectivity index (χ0n) is 41.0.